The number of carbonyl (C=O) groups is 1. The lowest BCUT2D eigenvalue weighted by Gasteiger charge is -2.09. The van der Waals surface area contributed by atoms with Gasteiger partial charge in [-0.3, -0.25) is 4.79 Å². The van der Waals surface area contributed by atoms with E-state index in [9.17, 15) is 4.79 Å². The van der Waals surface area contributed by atoms with Gasteiger partial charge in [0.1, 0.15) is 5.75 Å². The average molecular weight is 310 g/mol. The smallest absolute Gasteiger partial charge is 0.221 e. The van der Waals surface area contributed by atoms with Crippen LogP contribution in [0.1, 0.15) is 30.6 Å². The second-order valence-electron chi connectivity index (χ2n) is 5.37. The van der Waals surface area contributed by atoms with Gasteiger partial charge in [0.25, 0.3) is 0 Å². The Morgan fingerprint density at radius 2 is 1.87 bits per heavy atom. The SMILES string of the molecule is COc1ccc(C2CC(c3ccc(NC(C)=O)cc3)=NO2)cc1. The lowest BCUT2D eigenvalue weighted by Crippen LogP contribution is -2.06. The molecule has 5 nitrogen and oxygen atoms in total. The molecule has 0 spiro atoms. The van der Waals surface area contributed by atoms with E-state index in [4.69, 9.17) is 9.57 Å². The Labute approximate surface area is 134 Å². The van der Waals surface area contributed by atoms with Crippen LogP contribution in [-0.2, 0) is 9.63 Å². The molecule has 1 heterocycles. The molecule has 0 aromatic heterocycles. The normalized spacial score (nSPS) is 16.4. The maximum absolute atomic E-state index is 11.0. The van der Waals surface area contributed by atoms with Crippen LogP contribution in [0.15, 0.2) is 53.7 Å². The van der Waals surface area contributed by atoms with E-state index in [1.165, 1.54) is 6.92 Å². The van der Waals surface area contributed by atoms with Crippen molar-refractivity contribution in [3.8, 4) is 5.75 Å². The number of benzene rings is 2. The van der Waals surface area contributed by atoms with Crippen LogP contribution in [0, 0.1) is 0 Å². The monoisotopic (exact) mass is 310 g/mol. The van der Waals surface area contributed by atoms with Crippen LogP contribution >= 0.6 is 0 Å². The summed E-state index contributed by atoms with van der Waals surface area (Å²) in [5.74, 6) is 0.736. The van der Waals surface area contributed by atoms with Gasteiger partial charge in [-0.15, -0.1) is 0 Å². The van der Waals surface area contributed by atoms with Gasteiger partial charge in [0.15, 0.2) is 6.10 Å². The van der Waals surface area contributed by atoms with Gasteiger partial charge in [-0.05, 0) is 35.4 Å². The molecular weight excluding hydrogens is 292 g/mol. The molecule has 5 heteroatoms. The van der Waals surface area contributed by atoms with Gasteiger partial charge < -0.3 is 14.9 Å². The molecule has 1 aliphatic rings. The number of methoxy groups -OCH3 is 1. The van der Waals surface area contributed by atoms with Crippen molar-refractivity contribution in [1.29, 1.82) is 0 Å². The lowest BCUT2D eigenvalue weighted by molar-refractivity contribution is -0.114. The number of nitrogens with zero attached hydrogens (tertiary/aromatic N) is 1. The first kappa shape index (κ1) is 15.1. The molecule has 2 aromatic rings. The number of rotatable bonds is 4. The number of carbonyl (C=O) groups excluding carboxylic acids is 1. The number of anilines is 1. The van der Waals surface area contributed by atoms with Crippen molar-refractivity contribution in [3.63, 3.8) is 0 Å². The molecule has 1 N–H and O–H groups in total. The maximum Gasteiger partial charge on any atom is 0.221 e. The molecule has 2 aromatic carbocycles. The van der Waals surface area contributed by atoms with E-state index in [0.717, 1.165) is 28.3 Å². The lowest BCUT2D eigenvalue weighted by atomic mass is 10.00. The van der Waals surface area contributed by atoms with E-state index >= 15 is 0 Å². The van der Waals surface area contributed by atoms with Gasteiger partial charge in [-0.2, -0.15) is 0 Å². The van der Waals surface area contributed by atoms with Gasteiger partial charge >= 0.3 is 0 Å². The summed E-state index contributed by atoms with van der Waals surface area (Å²) < 4.78 is 5.16. The fourth-order valence-electron chi connectivity index (χ4n) is 2.49. The number of nitrogens with one attached hydrogen (secondary N) is 1. The Morgan fingerprint density at radius 3 is 2.48 bits per heavy atom. The third-order valence-corrected chi connectivity index (χ3v) is 3.69. The molecule has 0 bridgehead atoms. The molecule has 1 aliphatic heterocycles. The molecule has 1 amide bonds. The second kappa shape index (κ2) is 6.52. The molecule has 3 rings (SSSR count). The van der Waals surface area contributed by atoms with Crippen LogP contribution in [0.2, 0.25) is 0 Å². The van der Waals surface area contributed by atoms with Gasteiger partial charge in [-0.25, -0.2) is 0 Å². The quantitative estimate of drug-likeness (QED) is 0.940. The van der Waals surface area contributed by atoms with E-state index in [2.05, 4.69) is 10.5 Å². The zero-order valence-corrected chi connectivity index (χ0v) is 13.1. The average Bonchev–Trinajstić information content (AvgIpc) is 3.05. The molecule has 0 saturated carbocycles. The van der Waals surface area contributed by atoms with Crippen molar-refractivity contribution in [2.24, 2.45) is 5.16 Å². The van der Waals surface area contributed by atoms with Crippen LogP contribution in [0.3, 0.4) is 0 Å². The van der Waals surface area contributed by atoms with Crippen molar-refractivity contribution in [3.05, 3.63) is 59.7 Å². The van der Waals surface area contributed by atoms with Crippen LogP contribution in [0.25, 0.3) is 0 Å². The van der Waals surface area contributed by atoms with E-state index in [1.807, 2.05) is 48.5 Å². The molecular formula is C18H18N2O3. The summed E-state index contributed by atoms with van der Waals surface area (Å²) in [7, 11) is 1.65. The van der Waals surface area contributed by atoms with Crippen molar-refractivity contribution < 1.29 is 14.4 Å². The highest BCUT2D eigenvalue weighted by Gasteiger charge is 2.23. The van der Waals surface area contributed by atoms with Crippen LogP contribution in [0.5, 0.6) is 5.75 Å². The summed E-state index contributed by atoms with van der Waals surface area (Å²) in [5.41, 5.74) is 3.74. The summed E-state index contributed by atoms with van der Waals surface area (Å²) in [5, 5.41) is 6.94. The molecule has 1 unspecified atom stereocenters. The molecule has 118 valence electrons. The minimum atomic E-state index is -0.0844. The van der Waals surface area contributed by atoms with Crippen molar-refractivity contribution >= 4 is 17.3 Å². The zero-order chi connectivity index (χ0) is 16.2. The van der Waals surface area contributed by atoms with E-state index in [1.54, 1.807) is 7.11 Å². The standard InChI is InChI=1S/C18H18N2O3/c1-12(21)19-15-7-3-13(4-8-15)17-11-18(23-20-17)14-5-9-16(22-2)10-6-14/h3-10,18H,11H2,1-2H3,(H,19,21). The highest BCUT2D eigenvalue weighted by molar-refractivity contribution is 6.01. The summed E-state index contributed by atoms with van der Waals surface area (Å²) in [6, 6.07) is 15.4. The van der Waals surface area contributed by atoms with Crippen molar-refractivity contribution in [2.45, 2.75) is 19.4 Å². The fraction of sp³-hybridized carbons (Fsp3) is 0.222. The molecule has 23 heavy (non-hydrogen) atoms. The first-order chi connectivity index (χ1) is 11.2. The van der Waals surface area contributed by atoms with Crippen molar-refractivity contribution in [2.75, 3.05) is 12.4 Å². The fourth-order valence-corrected chi connectivity index (χ4v) is 2.49. The maximum atomic E-state index is 11.0. The summed E-state index contributed by atoms with van der Waals surface area (Å²) >= 11 is 0. The molecule has 0 radical (unpaired) electrons. The Kier molecular flexibility index (Phi) is 4.28. The topological polar surface area (TPSA) is 59.9 Å². The third kappa shape index (κ3) is 3.51. The van der Waals surface area contributed by atoms with Crippen molar-refractivity contribution in [1.82, 2.24) is 0 Å². The van der Waals surface area contributed by atoms with Gasteiger partial charge in [0.05, 0.1) is 12.8 Å². The van der Waals surface area contributed by atoms with Crippen LogP contribution < -0.4 is 10.1 Å². The van der Waals surface area contributed by atoms with Crippen LogP contribution in [-0.4, -0.2) is 18.7 Å². The zero-order valence-electron chi connectivity index (χ0n) is 13.1. The summed E-state index contributed by atoms with van der Waals surface area (Å²) in [4.78, 5) is 16.6. The van der Waals surface area contributed by atoms with E-state index in [0.29, 0.717) is 6.42 Å². The number of hydrogen-bond acceptors (Lipinski definition) is 4. The predicted octanol–water partition coefficient (Wildman–Crippen LogP) is 3.52. The highest BCUT2D eigenvalue weighted by atomic mass is 16.6. The number of oxime groups is 1. The Morgan fingerprint density at radius 1 is 1.17 bits per heavy atom. The Bertz CT molecular complexity index is 721. The molecule has 0 aliphatic carbocycles. The van der Waals surface area contributed by atoms with Gasteiger partial charge in [0.2, 0.25) is 5.91 Å². The summed E-state index contributed by atoms with van der Waals surface area (Å²) in [6.45, 7) is 1.49. The number of hydrogen-bond donors (Lipinski definition) is 1. The third-order valence-electron chi connectivity index (χ3n) is 3.69. The number of amides is 1. The van der Waals surface area contributed by atoms with Gasteiger partial charge in [-0.1, -0.05) is 29.4 Å². The number of ether oxygens (including phenoxy) is 1. The van der Waals surface area contributed by atoms with Crippen LogP contribution in [0.4, 0.5) is 5.69 Å². The summed E-state index contributed by atoms with van der Waals surface area (Å²) in [6.07, 6.45) is 0.636. The Balaban J connectivity index is 1.67. The predicted molar refractivity (Wildman–Crippen MR) is 88.7 cm³/mol. The highest BCUT2D eigenvalue weighted by Crippen LogP contribution is 2.30. The first-order valence-corrected chi connectivity index (χ1v) is 7.40. The van der Waals surface area contributed by atoms with E-state index < -0.39 is 0 Å². The minimum absolute atomic E-state index is 0.0778. The largest absolute Gasteiger partial charge is 0.497 e. The van der Waals surface area contributed by atoms with Gasteiger partial charge in [0, 0.05) is 19.0 Å². The molecule has 1 atom stereocenters. The molecule has 0 saturated heterocycles. The van der Waals surface area contributed by atoms with E-state index in [-0.39, 0.29) is 12.0 Å². The minimum Gasteiger partial charge on any atom is -0.497 e. The Hall–Kier alpha value is -2.82. The second-order valence-corrected chi connectivity index (χ2v) is 5.37. The molecule has 0 fully saturated rings. The first-order valence-electron chi connectivity index (χ1n) is 7.40.